The minimum atomic E-state index is -0.533. The number of para-hydroxylation sites is 1. The number of ether oxygens (including phenoxy) is 1. The van der Waals surface area contributed by atoms with Crippen molar-refractivity contribution < 1.29 is 14.3 Å². The maximum absolute atomic E-state index is 12.0. The molecule has 3 amide bonds. The number of rotatable bonds is 6. The second-order valence-electron chi connectivity index (χ2n) is 6.71. The Morgan fingerprint density at radius 2 is 1.75 bits per heavy atom. The number of anilines is 1. The van der Waals surface area contributed by atoms with Crippen LogP contribution in [-0.4, -0.2) is 30.8 Å². The van der Waals surface area contributed by atoms with Crippen LogP contribution in [0.3, 0.4) is 0 Å². The first-order valence-electron chi connectivity index (χ1n) is 8.33. The minimum absolute atomic E-state index is 0.295. The Labute approximate surface area is 144 Å². The zero-order valence-corrected chi connectivity index (χ0v) is 15.2. The van der Waals surface area contributed by atoms with E-state index in [1.807, 2.05) is 24.3 Å². The van der Waals surface area contributed by atoms with Gasteiger partial charge in [-0.15, -0.1) is 0 Å². The van der Waals surface area contributed by atoms with E-state index in [-0.39, 0.29) is 6.03 Å². The smallest absolute Gasteiger partial charge is 0.407 e. The Morgan fingerprint density at radius 3 is 2.38 bits per heavy atom. The van der Waals surface area contributed by atoms with Crippen LogP contribution in [0.25, 0.3) is 0 Å². The van der Waals surface area contributed by atoms with Gasteiger partial charge in [0, 0.05) is 18.8 Å². The number of amides is 3. The molecule has 1 aromatic carbocycles. The van der Waals surface area contributed by atoms with Crippen LogP contribution in [-0.2, 0) is 4.74 Å². The number of benzene rings is 1. The van der Waals surface area contributed by atoms with Crippen molar-refractivity contribution in [2.24, 2.45) is 0 Å². The maximum Gasteiger partial charge on any atom is 0.407 e. The second kappa shape index (κ2) is 9.15. The monoisotopic (exact) mass is 335 g/mol. The summed E-state index contributed by atoms with van der Waals surface area (Å²) in [6.07, 6.45) is 0.506. The summed E-state index contributed by atoms with van der Waals surface area (Å²) < 4.78 is 5.12. The van der Waals surface area contributed by atoms with Crippen LogP contribution in [0.1, 0.15) is 52.5 Å². The number of hydrogen-bond acceptors (Lipinski definition) is 3. The van der Waals surface area contributed by atoms with E-state index in [1.165, 1.54) is 0 Å². The van der Waals surface area contributed by atoms with Crippen LogP contribution in [0.15, 0.2) is 24.3 Å². The Morgan fingerprint density at radius 1 is 1.12 bits per heavy atom. The van der Waals surface area contributed by atoms with Crippen molar-refractivity contribution in [1.29, 1.82) is 0 Å². The lowest BCUT2D eigenvalue weighted by atomic mass is 9.97. The van der Waals surface area contributed by atoms with Gasteiger partial charge < -0.3 is 20.7 Å². The zero-order valence-electron chi connectivity index (χ0n) is 15.2. The van der Waals surface area contributed by atoms with Crippen molar-refractivity contribution in [2.75, 3.05) is 18.4 Å². The lowest BCUT2D eigenvalue weighted by Crippen LogP contribution is -2.39. The Bertz CT molecular complexity index is 553. The quantitative estimate of drug-likeness (QED) is 0.691. The molecule has 1 atom stereocenters. The minimum Gasteiger partial charge on any atom is -0.444 e. The summed E-state index contributed by atoms with van der Waals surface area (Å²) in [5.41, 5.74) is 1.39. The Hall–Kier alpha value is -2.24. The molecule has 6 nitrogen and oxygen atoms in total. The summed E-state index contributed by atoms with van der Waals surface area (Å²) in [6.45, 7) is 10.3. The van der Waals surface area contributed by atoms with Gasteiger partial charge in [-0.05, 0) is 44.7 Å². The molecule has 0 saturated heterocycles. The first-order valence-corrected chi connectivity index (χ1v) is 8.33. The van der Waals surface area contributed by atoms with Gasteiger partial charge >= 0.3 is 12.1 Å². The number of carbonyl (C=O) groups excluding carboxylic acids is 2. The number of nitrogens with one attached hydrogen (secondary N) is 3. The number of urea groups is 1. The van der Waals surface area contributed by atoms with E-state index in [0.29, 0.717) is 19.0 Å². The molecular formula is C18H29N3O3. The van der Waals surface area contributed by atoms with Gasteiger partial charge in [-0.25, -0.2) is 9.59 Å². The molecule has 0 bridgehead atoms. The molecule has 6 heteroatoms. The largest absolute Gasteiger partial charge is 0.444 e. The summed E-state index contributed by atoms with van der Waals surface area (Å²) >= 11 is 0. The highest BCUT2D eigenvalue weighted by Gasteiger charge is 2.15. The molecule has 0 aliphatic rings. The number of hydrogen-bond donors (Lipinski definition) is 3. The SMILES string of the molecule is CCC(C)c1ccccc1NC(=O)NCCNC(=O)OC(C)(C)C. The third kappa shape index (κ3) is 7.35. The maximum atomic E-state index is 12.0. The molecule has 1 aromatic rings. The van der Waals surface area contributed by atoms with Crippen molar-refractivity contribution in [3.8, 4) is 0 Å². The molecule has 3 N–H and O–H groups in total. The third-order valence-electron chi connectivity index (χ3n) is 3.43. The Kier molecular flexibility index (Phi) is 7.55. The first-order chi connectivity index (χ1) is 11.2. The fraction of sp³-hybridized carbons (Fsp3) is 0.556. The molecule has 24 heavy (non-hydrogen) atoms. The summed E-state index contributed by atoms with van der Waals surface area (Å²) in [6, 6.07) is 7.48. The average Bonchev–Trinajstić information content (AvgIpc) is 2.49. The van der Waals surface area contributed by atoms with Gasteiger partial charge in [0.15, 0.2) is 0 Å². The van der Waals surface area contributed by atoms with Gasteiger partial charge in [-0.3, -0.25) is 0 Å². The molecule has 0 spiro atoms. The lowest BCUT2D eigenvalue weighted by molar-refractivity contribution is 0.0528. The fourth-order valence-corrected chi connectivity index (χ4v) is 2.08. The van der Waals surface area contributed by atoms with Gasteiger partial charge in [0.1, 0.15) is 5.60 Å². The molecule has 0 aromatic heterocycles. The van der Waals surface area contributed by atoms with Crippen LogP contribution in [0.2, 0.25) is 0 Å². The third-order valence-corrected chi connectivity index (χ3v) is 3.43. The lowest BCUT2D eigenvalue weighted by Gasteiger charge is -2.19. The number of carbonyl (C=O) groups is 2. The summed E-state index contributed by atoms with van der Waals surface area (Å²) in [7, 11) is 0. The van der Waals surface area contributed by atoms with E-state index < -0.39 is 11.7 Å². The van der Waals surface area contributed by atoms with Crippen molar-refractivity contribution in [3.05, 3.63) is 29.8 Å². The molecular weight excluding hydrogens is 306 g/mol. The second-order valence-corrected chi connectivity index (χ2v) is 6.71. The number of alkyl carbamates (subject to hydrolysis) is 1. The molecule has 0 aliphatic carbocycles. The van der Waals surface area contributed by atoms with E-state index >= 15 is 0 Å². The van der Waals surface area contributed by atoms with Gasteiger partial charge in [0.05, 0.1) is 0 Å². The van der Waals surface area contributed by atoms with Crippen LogP contribution in [0.5, 0.6) is 0 Å². The molecule has 0 radical (unpaired) electrons. The van der Waals surface area contributed by atoms with Crippen molar-refractivity contribution in [2.45, 2.75) is 52.6 Å². The highest BCUT2D eigenvalue weighted by atomic mass is 16.6. The van der Waals surface area contributed by atoms with E-state index in [0.717, 1.165) is 17.7 Å². The molecule has 134 valence electrons. The van der Waals surface area contributed by atoms with E-state index in [2.05, 4.69) is 29.8 Å². The molecule has 1 unspecified atom stereocenters. The molecule has 0 fully saturated rings. The Balaban J connectivity index is 2.39. The van der Waals surface area contributed by atoms with Crippen LogP contribution in [0.4, 0.5) is 15.3 Å². The van der Waals surface area contributed by atoms with Crippen molar-refractivity contribution in [3.63, 3.8) is 0 Å². The fourth-order valence-electron chi connectivity index (χ4n) is 2.08. The summed E-state index contributed by atoms with van der Waals surface area (Å²) in [4.78, 5) is 23.5. The van der Waals surface area contributed by atoms with Crippen LogP contribution >= 0.6 is 0 Å². The van der Waals surface area contributed by atoms with Crippen LogP contribution in [0, 0.1) is 0 Å². The molecule has 1 rings (SSSR count). The van der Waals surface area contributed by atoms with Gasteiger partial charge in [0.25, 0.3) is 0 Å². The van der Waals surface area contributed by atoms with E-state index in [9.17, 15) is 9.59 Å². The standard InChI is InChI=1S/C18H29N3O3/c1-6-13(2)14-9-7-8-10-15(14)21-16(22)19-11-12-20-17(23)24-18(3,4)5/h7-10,13H,6,11-12H2,1-5H3,(H,20,23)(H2,19,21,22). The topological polar surface area (TPSA) is 79.5 Å². The van der Waals surface area contributed by atoms with Crippen molar-refractivity contribution >= 4 is 17.8 Å². The van der Waals surface area contributed by atoms with Gasteiger partial charge in [0.2, 0.25) is 0 Å². The first kappa shape index (κ1) is 19.8. The normalized spacial score (nSPS) is 12.2. The average molecular weight is 335 g/mol. The highest BCUT2D eigenvalue weighted by Crippen LogP contribution is 2.26. The summed E-state index contributed by atoms with van der Waals surface area (Å²) in [5, 5.41) is 8.16. The van der Waals surface area contributed by atoms with Gasteiger partial charge in [-0.1, -0.05) is 32.0 Å². The zero-order chi connectivity index (χ0) is 18.2. The van der Waals surface area contributed by atoms with E-state index in [4.69, 9.17) is 4.74 Å². The summed E-state index contributed by atoms with van der Waals surface area (Å²) in [5.74, 6) is 0.371. The van der Waals surface area contributed by atoms with Crippen molar-refractivity contribution in [1.82, 2.24) is 10.6 Å². The molecule has 0 saturated carbocycles. The van der Waals surface area contributed by atoms with Gasteiger partial charge in [-0.2, -0.15) is 0 Å². The highest BCUT2D eigenvalue weighted by molar-refractivity contribution is 5.90. The molecule has 0 aliphatic heterocycles. The molecule has 0 heterocycles. The predicted molar refractivity (Wildman–Crippen MR) is 96.4 cm³/mol. The van der Waals surface area contributed by atoms with E-state index in [1.54, 1.807) is 20.8 Å². The predicted octanol–water partition coefficient (Wildman–Crippen LogP) is 3.85. The van der Waals surface area contributed by atoms with Crippen LogP contribution < -0.4 is 16.0 Å².